The van der Waals surface area contributed by atoms with Gasteiger partial charge in [-0.05, 0) is 24.3 Å². The molecule has 0 N–H and O–H groups in total. The second-order valence-corrected chi connectivity index (χ2v) is 6.83. The van der Waals surface area contributed by atoms with E-state index in [2.05, 4.69) is 21.3 Å². The molecule has 0 saturated carbocycles. The van der Waals surface area contributed by atoms with Crippen molar-refractivity contribution in [3.05, 3.63) is 72.1 Å². The van der Waals surface area contributed by atoms with E-state index in [0.29, 0.717) is 12.8 Å². The molecule has 0 saturated heterocycles. The number of Topliss-reactive ketones (excluding diaryl/α,β-unsaturated/α-hetero) is 2. The molecule has 0 bridgehead atoms. The number of benzene rings is 2. The van der Waals surface area contributed by atoms with Gasteiger partial charge in [0.2, 0.25) is 0 Å². The van der Waals surface area contributed by atoms with Crippen molar-refractivity contribution >= 4 is 33.4 Å². The van der Waals surface area contributed by atoms with Gasteiger partial charge in [0.25, 0.3) is 0 Å². The lowest BCUT2D eigenvalue weighted by Crippen LogP contribution is -1.91. The molecule has 4 aromatic rings. The number of hydrogen-bond donors (Lipinski definition) is 0. The quantitative estimate of drug-likeness (QED) is 0.474. The SMILES string of the molecule is O=C1CCn2c1cc1ccccc12.O=C1CCn2c1cc1ccccc12. The zero-order chi connectivity index (χ0) is 17.7. The first-order valence-corrected chi connectivity index (χ1v) is 8.95. The fourth-order valence-electron chi connectivity index (χ4n) is 4.05. The van der Waals surface area contributed by atoms with Crippen LogP contribution in [-0.2, 0) is 13.1 Å². The standard InChI is InChI=1S/2C11H9NO/c2*13-11-5-6-12-9-4-2-1-3-8(9)7-10(11)12/h2*1-4,7H,5-6H2. The van der Waals surface area contributed by atoms with Crippen LogP contribution in [0.25, 0.3) is 21.8 Å². The van der Waals surface area contributed by atoms with Gasteiger partial charge in [-0.3, -0.25) is 9.59 Å². The molecular formula is C22H18N2O2. The topological polar surface area (TPSA) is 44.0 Å². The molecule has 4 heteroatoms. The van der Waals surface area contributed by atoms with Crippen molar-refractivity contribution < 1.29 is 9.59 Å². The van der Waals surface area contributed by atoms with Gasteiger partial charge < -0.3 is 9.13 Å². The van der Waals surface area contributed by atoms with Gasteiger partial charge >= 0.3 is 0 Å². The number of fused-ring (bicyclic) bond motifs is 6. The zero-order valence-corrected chi connectivity index (χ0v) is 14.3. The fourth-order valence-corrected chi connectivity index (χ4v) is 4.05. The average molecular weight is 342 g/mol. The summed E-state index contributed by atoms with van der Waals surface area (Å²) in [5, 5.41) is 2.34. The van der Waals surface area contributed by atoms with Gasteiger partial charge in [0.05, 0.1) is 11.4 Å². The molecule has 0 amide bonds. The van der Waals surface area contributed by atoms with Crippen LogP contribution in [0, 0.1) is 0 Å². The van der Waals surface area contributed by atoms with Crippen molar-refractivity contribution in [1.82, 2.24) is 9.13 Å². The number of carbonyl (C=O) groups is 2. The Morgan fingerprint density at radius 2 is 1.04 bits per heavy atom. The van der Waals surface area contributed by atoms with E-state index in [4.69, 9.17) is 0 Å². The van der Waals surface area contributed by atoms with E-state index in [0.717, 1.165) is 24.5 Å². The molecule has 0 fully saturated rings. The second-order valence-electron chi connectivity index (χ2n) is 6.83. The van der Waals surface area contributed by atoms with Crippen molar-refractivity contribution in [2.45, 2.75) is 25.9 Å². The second kappa shape index (κ2) is 5.70. The Morgan fingerprint density at radius 3 is 1.50 bits per heavy atom. The predicted molar refractivity (Wildman–Crippen MR) is 102 cm³/mol. The highest BCUT2D eigenvalue weighted by molar-refractivity contribution is 6.02. The van der Waals surface area contributed by atoms with Gasteiger partial charge in [0.15, 0.2) is 11.6 Å². The van der Waals surface area contributed by atoms with Crippen LogP contribution in [0.15, 0.2) is 60.7 Å². The summed E-state index contributed by atoms with van der Waals surface area (Å²) in [5.41, 5.74) is 4.12. The summed E-state index contributed by atoms with van der Waals surface area (Å²) >= 11 is 0. The molecule has 2 aliphatic rings. The van der Waals surface area contributed by atoms with E-state index in [9.17, 15) is 9.59 Å². The molecule has 0 spiro atoms. The maximum Gasteiger partial charge on any atom is 0.181 e. The summed E-state index contributed by atoms with van der Waals surface area (Å²) in [6, 6.07) is 20.2. The smallest absolute Gasteiger partial charge is 0.181 e. The number of nitrogens with zero attached hydrogens (tertiary/aromatic N) is 2. The first kappa shape index (κ1) is 15.1. The van der Waals surface area contributed by atoms with Crippen molar-refractivity contribution in [3.8, 4) is 0 Å². The third-order valence-corrected chi connectivity index (χ3v) is 5.32. The van der Waals surface area contributed by atoms with Crippen molar-refractivity contribution in [2.75, 3.05) is 0 Å². The first-order chi connectivity index (χ1) is 12.7. The molecule has 128 valence electrons. The number of carbonyl (C=O) groups excluding carboxylic acids is 2. The van der Waals surface area contributed by atoms with Gasteiger partial charge in [0, 0.05) is 47.7 Å². The minimum absolute atomic E-state index is 0.274. The van der Waals surface area contributed by atoms with E-state index in [1.54, 1.807) is 0 Å². The predicted octanol–water partition coefficient (Wildman–Crippen LogP) is 4.46. The van der Waals surface area contributed by atoms with Crippen molar-refractivity contribution in [1.29, 1.82) is 0 Å². The monoisotopic (exact) mass is 342 g/mol. The number of para-hydroxylation sites is 2. The molecule has 4 heterocycles. The largest absolute Gasteiger partial charge is 0.338 e. The highest BCUT2D eigenvalue weighted by Crippen LogP contribution is 2.26. The van der Waals surface area contributed by atoms with Crippen LogP contribution < -0.4 is 0 Å². The lowest BCUT2D eigenvalue weighted by atomic mass is 10.2. The number of rotatable bonds is 0. The molecule has 0 radical (unpaired) electrons. The Balaban J connectivity index is 0.000000115. The molecular weight excluding hydrogens is 324 g/mol. The van der Waals surface area contributed by atoms with Crippen LogP contribution in [0.2, 0.25) is 0 Å². The first-order valence-electron chi connectivity index (χ1n) is 8.95. The molecule has 2 aromatic carbocycles. The van der Waals surface area contributed by atoms with E-state index in [1.807, 2.05) is 48.5 Å². The number of aromatic nitrogens is 2. The van der Waals surface area contributed by atoms with Crippen LogP contribution in [0.5, 0.6) is 0 Å². The van der Waals surface area contributed by atoms with Crippen LogP contribution in [0.4, 0.5) is 0 Å². The van der Waals surface area contributed by atoms with E-state index >= 15 is 0 Å². The third-order valence-electron chi connectivity index (χ3n) is 5.32. The lowest BCUT2D eigenvalue weighted by Gasteiger charge is -1.96. The molecule has 6 rings (SSSR count). The Hall–Kier alpha value is -3.14. The minimum Gasteiger partial charge on any atom is -0.338 e. The summed E-state index contributed by atoms with van der Waals surface area (Å²) < 4.78 is 4.22. The number of hydrogen-bond acceptors (Lipinski definition) is 2. The fraction of sp³-hybridized carbons (Fsp3) is 0.182. The molecule has 0 unspecified atom stereocenters. The molecule has 2 aromatic heterocycles. The molecule has 0 atom stereocenters. The summed E-state index contributed by atoms with van der Waals surface area (Å²) in [4.78, 5) is 22.8. The highest BCUT2D eigenvalue weighted by Gasteiger charge is 2.22. The zero-order valence-electron chi connectivity index (χ0n) is 14.3. The van der Waals surface area contributed by atoms with Crippen LogP contribution >= 0.6 is 0 Å². The lowest BCUT2D eigenvalue weighted by molar-refractivity contribution is 0.0986. The van der Waals surface area contributed by atoms with E-state index in [-0.39, 0.29) is 11.6 Å². The van der Waals surface area contributed by atoms with E-state index < -0.39 is 0 Å². The van der Waals surface area contributed by atoms with Crippen molar-refractivity contribution in [2.24, 2.45) is 0 Å². The summed E-state index contributed by atoms with van der Waals surface area (Å²) in [6.45, 7) is 1.70. The normalized spacial score (nSPS) is 15.2. The van der Waals surface area contributed by atoms with E-state index in [1.165, 1.54) is 21.8 Å². The Bertz CT molecular complexity index is 1090. The van der Waals surface area contributed by atoms with Crippen LogP contribution in [0.1, 0.15) is 33.8 Å². The third kappa shape index (κ3) is 2.22. The molecule has 2 aliphatic heterocycles. The summed E-state index contributed by atoms with van der Waals surface area (Å²) in [6.07, 6.45) is 1.33. The highest BCUT2D eigenvalue weighted by atomic mass is 16.1. The molecule has 26 heavy (non-hydrogen) atoms. The number of ketones is 2. The van der Waals surface area contributed by atoms with Crippen molar-refractivity contribution in [3.63, 3.8) is 0 Å². The maximum atomic E-state index is 11.4. The minimum atomic E-state index is 0.274. The van der Waals surface area contributed by atoms with Gasteiger partial charge in [0.1, 0.15) is 0 Å². The Kier molecular flexibility index (Phi) is 3.32. The maximum absolute atomic E-state index is 11.4. The van der Waals surface area contributed by atoms with Gasteiger partial charge in [-0.1, -0.05) is 36.4 Å². The summed E-state index contributed by atoms with van der Waals surface area (Å²) in [7, 11) is 0. The van der Waals surface area contributed by atoms with Crippen LogP contribution in [-0.4, -0.2) is 20.7 Å². The Morgan fingerprint density at radius 1 is 0.615 bits per heavy atom. The van der Waals surface area contributed by atoms with Gasteiger partial charge in [-0.2, -0.15) is 0 Å². The van der Waals surface area contributed by atoms with Gasteiger partial charge in [-0.25, -0.2) is 0 Å². The Labute approximate surface area is 150 Å². The molecule has 0 aliphatic carbocycles. The van der Waals surface area contributed by atoms with Gasteiger partial charge in [-0.15, -0.1) is 0 Å². The molecule has 4 nitrogen and oxygen atoms in total. The average Bonchev–Trinajstić information content (AvgIpc) is 3.39. The van der Waals surface area contributed by atoms with Crippen LogP contribution in [0.3, 0.4) is 0 Å². The summed E-state index contributed by atoms with van der Waals surface area (Å²) in [5.74, 6) is 0.549. The number of aryl methyl sites for hydroxylation is 2.